The number of nitrogens with zero attached hydrogens (tertiary/aromatic N) is 1. The highest BCUT2D eigenvalue weighted by Crippen LogP contribution is 2.14. The van der Waals surface area contributed by atoms with Gasteiger partial charge in [0.05, 0.1) is 6.21 Å². The highest BCUT2D eigenvalue weighted by atomic mass is 16.2. The number of H-pyrrole nitrogens is 1. The van der Waals surface area contributed by atoms with Gasteiger partial charge in [0.1, 0.15) is 5.69 Å². The van der Waals surface area contributed by atoms with E-state index in [4.69, 9.17) is 0 Å². The molecule has 0 atom stereocenters. The average Bonchev–Trinajstić information content (AvgIpc) is 2.92. The SMILES string of the molecule is O=C(N/N=C\c1ccccc1)c1cc2ccccc2[nH]1. The van der Waals surface area contributed by atoms with Gasteiger partial charge in [0, 0.05) is 10.9 Å². The zero-order chi connectivity index (χ0) is 13.8. The van der Waals surface area contributed by atoms with Crippen LogP contribution in [0.2, 0.25) is 0 Å². The Labute approximate surface area is 116 Å². The molecule has 0 unspecified atom stereocenters. The minimum Gasteiger partial charge on any atom is -0.350 e. The number of aromatic nitrogens is 1. The molecule has 0 fully saturated rings. The van der Waals surface area contributed by atoms with Crippen molar-refractivity contribution in [1.29, 1.82) is 0 Å². The number of hydrogen-bond donors (Lipinski definition) is 2. The Morgan fingerprint density at radius 3 is 2.60 bits per heavy atom. The second-order valence-electron chi connectivity index (χ2n) is 4.38. The Bertz CT molecular complexity index is 727. The van der Waals surface area contributed by atoms with Crippen molar-refractivity contribution < 1.29 is 4.79 Å². The highest BCUT2D eigenvalue weighted by molar-refractivity contribution is 5.98. The van der Waals surface area contributed by atoms with Crippen LogP contribution < -0.4 is 5.43 Å². The largest absolute Gasteiger partial charge is 0.350 e. The van der Waals surface area contributed by atoms with Gasteiger partial charge in [0.2, 0.25) is 0 Å². The number of fused-ring (bicyclic) bond motifs is 1. The van der Waals surface area contributed by atoms with Crippen LogP contribution >= 0.6 is 0 Å². The predicted molar refractivity (Wildman–Crippen MR) is 79.8 cm³/mol. The van der Waals surface area contributed by atoms with E-state index in [2.05, 4.69) is 15.5 Å². The van der Waals surface area contributed by atoms with E-state index in [1.807, 2.05) is 60.7 Å². The number of nitrogens with one attached hydrogen (secondary N) is 2. The van der Waals surface area contributed by atoms with Crippen molar-refractivity contribution in [3.63, 3.8) is 0 Å². The lowest BCUT2D eigenvalue weighted by Crippen LogP contribution is -2.17. The third-order valence-electron chi connectivity index (χ3n) is 2.95. The normalized spacial score (nSPS) is 11.0. The first-order chi connectivity index (χ1) is 9.83. The summed E-state index contributed by atoms with van der Waals surface area (Å²) in [4.78, 5) is 15.0. The maximum atomic E-state index is 11.9. The van der Waals surface area contributed by atoms with E-state index in [9.17, 15) is 4.79 Å². The molecular formula is C16H13N3O. The van der Waals surface area contributed by atoms with Crippen LogP contribution in [0.15, 0.2) is 65.8 Å². The van der Waals surface area contributed by atoms with Crippen LogP contribution in [-0.2, 0) is 0 Å². The molecule has 1 aromatic heterocycles. The second-order valence-corrected chi connectivity index (χ2v) is 4.38. The molecule has 1 amide bonds. The van der Waals surface area contributed by atoms with Crippen molar-refractivity contribution in [3.05, 3.63) is 71.9 Å². The minimum atomic E-state index is -0.256. The Morgan fingerprint density at radius 2 is 1.80 bits per heavy atom. The van der Waals surface area contributed by atoms with Crippen LogP contribution in [-0.4, -0.2) is 17.1 Å². The molecule has 3 aromatic rings. The first kappa shape index (κ1) is 12.2. The average molecular weight is 263 g/mol. The molecule has 3 rings (SSSR count). The minimum absolute atomic E-state index is 0.256. The van der Waals surface area contributed by atoms with E-state index in [0.29, 0.717) is 5.69 Å². The Hall–Kier alpha value is -2.88. The number of carbonyl (C=O) groups is 1. The number of aromatic amines is 1. The fraction of sp³-hybridized carbons (Fsp3) is 0. The number of amides is 1. The third-order valence-corrected chi connectivity index (χ3v) is 2.95. The van der Waals surface area contributed by atoms with Gasteiger partial charge >= 0.3 is 0 Å². The molecule has 0 saturated carbocycles. The van der Waals surface area contributed by atoms with Gasteiger partial charge in [0.15, 0.2) is 0 Å². The van der Waals surface area contributed by atoms with Crippen molar-refractivity contribution in [1.82, 2.24) is 10.4 Å². The van der Waals surface area contributed by atoms with Gasteiger partial charge in [-0.3, -0.25) is 4.79 Å². The number of para-hydroxylation sites is 1. The lowest BCUT2D eigenvalue weighted by atomic mass is 10.2. The summed E-state index contributed by atoms with van der Waals surface area (Å²) in [6.45, 7) is 0. The molecule has 0 aliphatic carbocycles. The van der Waals surface area contributed by atoms with Crippen LogP contribution in [0.1, 0.15) is 16.1 Å². The third kappa shape index (κ3) is 2.59. The van der Waals surface area contributed by atoms with Gasteiger partial charge in [0.25, 0.3) is 5.91 Å². The first-order valence-corrected chi connectivity index (χ1v) is 6.29. The molecule has 4 nitrogen and oxygen atoms in total. The summed E-state index contributed by atoms with van der Waals surface area (Å²) in [5.41, 5.74) is 4.87. The summed E-state index contributed by atoms with van der Waals surface area (Å²) < 4.78 is 0. The van der Waals surface area contributed by atoms with Gasteiger partial charge in [-0.25, -0.2) is 5.43 Å². The Balaban J connectivity index is 1.71. The first-order valence-electron chi connectivity index (χ1n) is 6.29. The molecule has 0 aliphatic heterocycles. The summed E-state index contributed by atoms with van der Waals surface area (Å²) in [6, 6.07) is 19.1. The molecule has 98 valence electrons. The van der Waals surface area contributed by atoms with Gasteiger partial charge < -0.3 is 4.98 Å². The van der Waals surface area contributed by atoms with E-state index in [-0.39, 0.29) is 5.91 Å². The second kappa shape index (κ2) is 5.40. The molecule has 0 spiro atoms. The molecule has 20 heavy (non-hydrogen) atoms. The molecule has 4 heteroatoms. The zero-order valence-corrected chi connectivity index (χ0v) is 10.7. The molecule has 0 aliphatic rings. The van der Waals surface area contributed by atoms with E-state index >= 15 is 0 Å². The van der Waals surface area contributed by atoms with E-state index < -0.39 is 0 Å². The monoisotopic (exact) mass is 263 g/mol. The molecular weight excluding hydrogens is 250 g/mol. The van der Waals surface area contributed by atoms with Gasteiger partial charge in [-0.05, 0) is 17.7 Å². The van der Waals surface area contributed by atoms with Crippen LogP contribution in [0.3, 0.4) is 0 Å². The van der Waals surface area contributed by atoms with Gasteiger partial charge in [-0.2, -0.15) is 5.10 Å². The van der Waals surface area contributed by atoms with Crippen molar-refractivity contribution >= 4 is 23.0 Å². The zero-order valence-electron chi connectivity index (χ0n) is 10.7. The maximum Gasteiger partial charge on any atom is 0.287 e. The highest BCUT2D eigenvalue weighted by Gasteiger charge is 2.07. The summed E-state index contributed by atoms with van der Waals surface area (Å²) in [5.74, 6) is -0.256. The smallest absolute Gasteiger partial charge is 0.287 e. The fourth-order valence-electron chi connectivity index (χ4n) is 1.96. The molecule has 0 saturated heterocycles. The fourth-order valence-corrected chi connectivity index (χ4v) is 1.96. The summed E-state index contributed by atoms with van der Waals surface area (Å²) >= 11 is 0. The molecule has 0 radical (unpaired) electrons. The van der Waals surface area contributed by atoms with Crippen molar-refractivity contribution in [2.45, 2.75) is 0 Å². The van der Waals surface area contributed by atoms with Crippen molar-refractivity contribution in [2.24, 2.45) is 5.10 Å². The van der Waals surface area contributed by atoms with Gasteiger partial charge in [-0.15, -0.1) is 0 Å². The molecule has 2 aromatic carbocycles. The van der Waals surface area contributed by atoms with E-state index in [1.54, 1.807) is 6.21 Å². The Kier molecular flexibility index (Phi) is 3.29. The van der Waals surface area contributed by atoms with Crippen LogP contribution in [0.5, 0.6) is 0 Å². The number of carbonyl (C=O) groups excluding carboxylic acids is 1. The lowest BCUT2D eigenvalue weighted by Gasteiger charge is -1.96. The van der Waals surface area contributed by atoms with E-state index in [0.717, 1.165) is 16.5 Å². The quantitative estimate of drug-likeness (QED) is 0.554. The number of rotatable bonds is 3. The maximum absolute atomic E-state index is 11.9. The molecule has 1 heterocycles. The summed E-state index contributed by atoms with van der Waals surface area (Å²) in [6.07, 6.45) is 1.61. The standard InChI is InChI=1S/C16H13N3O/c20-16(19-17-11-12-6-2-1-3-7-12)15-10-13-8-4-5-9-14(13)18-15/h1-11,18H,(H,19,20)/b17-11-. The van der Waals surface area contributed by atoms with Crippen molar-refractivity contribution in [3.8, 4) is 0 Å². The topological polar surface area (TPSA) is 57.2 Å². The summed E-state index contributed by atoms with van der Waals surface area (Å²) in [5, 5.41) is 4.95. The van der Waals surface area contributed by atoms with Crippen molar-refractivity contribution in [2.75, 3.05) is 0 Å². The van der Waals surface area contributed by atoms with Crippen LogP contribution in [0, 0.1) is 0 Å². The Morgan fingerprint density at radius 1 is 1.05 bits per heavy atom. The predicted octanol–water partition coefficient (Wildman–Crippen LogP) is 2.93. The molecule has 0 bridgehead atoms. The van der Waals surface area contributed by atoms with Crippen LogP contribution in [0.4, 0.5) is 0 Å². The van der Waals surface area contributed by atoms with Crippen LogP contribution in [0.25, 0.3) is 10.9 Å². The number of hydrazone groups is 1. The summed E-state index contributed by atoms with van der Waals surface area (Å²) in [7, 11) is 0. The lowest BCUT2D eigenvalue weighted by molar-refractivity contribution is 0.0951. The van der Waals surface area contributed by atoms with Gasteiger partial charge in [-0.1, -0.05) is 48.5 Å². The van der Waals surface area contributed by atoms with E-state index in [1.165, 1.54) is 0 Å². The molecule has 2 N–H and O–H groups in total. The number of hydrogen-bond acceptors (Lipinski definition) is 2. The number of benzene rings is 2.